The van der Waals surface area contributed by atoms with Gasteiger partial charge >= 0.3 is 12.2 Å². The molecule has 1 atom stereocenters. The van der Waals surface area contributed by atoms with Crippen molar-refractivity contribution in [1.82, 2.24) is 5.32 Å². The second-order valence-electron chi connectivity index (χ2n) is 5.04. The summed E-state index contributed by atoms with van der Waals surface area (Å²) in [7, 11) is 0. The van der Waals surface area contributed by atoms with E-state index in [0.29, 0.717) is 0 Å². The van der Waals surface area contributed by atoms with E-state index in [9.17, 15) is 9.59 Å². The number of alkyl carbamates (subject to hydrolysis) is 1. The lowest BCUT2D eigenvalue weighted by Crippen LogP contribution is -2.37. The molecule has 0 saturated carbocycles. The van der Waals surface area contributed by atoms with Gasteiger partial charge in [0.15, 0.2) is 0 Å². The van der Waals surface area contributed by atoms with Gasteiger partial charge in [-0.3, -0.25) is 10.5 Å². The Hall–Kier alpha value is -1.54. The van der Waals surface area contributed by atoms with Crippen molar-refractivity contribution in [2.45, 2.75) is 46.6 Å². The Kier molecular flexibility index (Phi) is 11.7. The molecule has 0 aromatic carbocycles. The van der Waals surface area contributed by atoms with Gasteiger partial charge in [-0.25, -0.2) is 9.59 Å². The van der Waals surface area contributed by atoms with Crippen LogP contribution < -0.4 is 11.1 Å². The molecule has 8 heteroatoms. The minimum absolute atomic E-state index is 0.0248. The van der Waals surface area contributed by atoms with Crippen LogP contribution in [0.3, 0.4) is 0 Å². The van der Waals surface area contributed by atoms with E-state index < -0.39 is 17.6 Å². The van der Waals surface area contributed by atoms with Crippen molar-refractivity contribution in [2.75, 3.05) is 13.2 Å². The van der Waals surface area contributed by atoms with Crippen LogP contribution in [-0.2, 0) is 9.47 Å². The van der Waals surface area contributed by atoms with Crippen LogP contribution >= 0.6 is 0 Å². The minimum atomic E-state index is -0.816. The summed E-state index contributed by atoms with van der Waals surface area (Å²) in [4.78, 5) is 22.0. The molecule has 120 valence electrons. The van der Waals surface area contributed by atoms with Crippen LogP contribution in [0.15, 0.2) is 0 Å². The third kappa shape index (κ3) is 11.5. The van der Waals surface area contributed by atoms with Gasteiger partial charge in [0.05, 0.1) is 0 Å². The summed E-state index contributed by atoms with van der Waals surface area (Å²) in [6.07, 6.45) is 0.388. The Bertz CT molecular complexity index is 285. The maximum absolute atomic E-state index is 11.4. The number of carbonyl (C=O) groups is 2. The molecule has 0 aromatic heterocycles. The maximum atomic E-state index is 11.4. The first-order valence-electron chi connectivity index (χ1n) is 6.34. The van der Waals surface area contributed by atoms with E-state index in [0.717, 1.165) is 12.8 Å². The molecule has 0 spiro atoms. The number of hydrogen-bond acceptors (Lipinski definition) is 6. The van der Waals surface area contributed by atoms with Gasteiger partial charge in [0.2, 0.25) is 0 Å². The molecule has 0 bridgehead atoms. The highest BCUT2D eigenvalue weighted by molar-refractivity contribution is 5.67. The molecular weight excluding hydrogens is 268 g/mol. The van der Waals surface area contributed by atoms with E-state index in [-0.39, 0.29) is 19.3 Å². The van der Waals surface area contributed by atoms with Gasteiger partial charge in [-0.05, 0) is 20.3 Å². The van der Waals surface area contributed by atoms with E-state index in [1.165, 1.54) is 0 Å². The lowest BCUT2D eigenvalue weighted by Gasteiger charge is -2.27. The molecule has 0 rings (SSSR count). The topological polar surface area (TPSA) is 131 Å². The van der Waals surface area contributed by atoms with Crippen molar-refractivity contribution in [3.8, 4) is 0 Å². The predicted octanol–water partition coefficient (Wildman–Crippen LogP) is 2.04. The molecule has 0 heterocycles. The normalized spacial score (nSPS) is 12.8. The zero-order chi connectivity index (χ0) is 16.2. The van der Waals surface area contributed by atoms with Gasteiger partial charge in [0.1, 0.15) is 13.2 Å². The zero-order valence-corrected chi connectivity index (χ0v) is 12.5. The van der Waals surface area contributed by atoms with Crippen LogP contribution in [0.2, 0.25) is 0 Å². The number of ether oxygens (including phenoxy) is 2. The molecule has 0 radical (unpaired) electrons. The van der Waals surface area contributed by atoms with E-state index >= 15 is 0 Å². The monoisotopic (exact) mass is 294 g/mol. The Labute approximate surface area is 119 Å². The van der Waals surface area contributed by atoms with Crippen molar-refractivity contribution in [3.63, 3.8) is 0 Å². The van der Waals surface area contributed by atoms with E-state index in [1.807, 2.05) is 27.7 Å². The molecule has 20 heavy (non-hydrogen) atoms. The summed E-state index contributed by atoms with van der Waals surface area (Å²) in [5, 5.41) is 14.6. The van der Waals surface area contributed by atoms with Gasteiger partial charge in [0, 0.05) is 11.5 Å². The number of hydrogen-bond donors (Lipinski definition) is 4. The average Bonchev–Trinajstić information content (AvgIpc) is 2.36. The summed E-state index contributed by atoms with van der Waals surface area (Å²) in [5.74, 6) is 0. The lowest BCUT2D eigenvalue weighted by molar-refractivity contribution is -0.176. The van der Waals surface area contributed by atoms with Crippen molar-refractivity contribution in [3.05, 3.63) is 0 Å². The Morgan fingerprint density at radius 3 is 2.15 bits per heavy atom. The highest BCUT2D eigenvalue weighted by Gasteiger charge is 2.27. The van der Waals surface area contributed by atoms with Crippen LogP contribution in [-0.4, -0.2) is 42.0 Å². The predicted molar refractivity (Wildman–Crippen MR) is 73.4 cm³/mol. The Morgan fingerprint density at radius 2 is 1.75 bits per heavy atom. The number of primary amides is 1. The standard InChI is InChI=1S/C12H24N2O4.H2O2/c1-5-6-12(4,7-17-10(13)15)8-18-11(16)14-9(2)3;1-2/h9H,5-8H2,1-4H3,(H2,13,15)(H,14,16);1-2H. The molecule has 1 unspecified atom stereocenters. The fourth-order valence-electron chi connectivity index (χ4n) is 1.55. The molecule has 0 saturated heterocycles. The summed E-state index contributed by atoms with van der Waals surface area (Å²) < 4.78 is 9.92. The molecule has 2 amide bonds. The maximum Gasteiger partial charge on any atom is 0.407 e. The average molecular weight is 294 g/mol. The zero-order valence-electron chi connectivity index (χ0n) is 12.5. The number of rotatable bonds is 7. The van der Waals surface area contributed by atoms with E-state index in [2.05, 4.69) is 5.32 Å². The second kappa shape index (κ2) is 11.3. The van der Waals surface area contributed by atoms with Crippen LogP contribution in [0.25, 0.3) is 0 Å². The van der Waals surface area contributed by atoms with Crippen molar-refractivity contribution < 1.29 is 29.6 Å². The lowest BCUT2D eigenvalue weighted by atomic mass is 9.87. The SMILES string of the molecule is CCCC(C)(COC(N)=O)COC(=O)NC(C)C.OO. The fourth-order valence-corrected chi connectivity index (χ4v) is 1.55. The number of amides is 2. The van der Waals surface area contributed by atoms with Gasteiger partial charge in [0.25, 0.3) is 0 Å². The van der Waals surface area contributed by atoms with Gasteiger partial charge in [-0.2, -0.15) is 0 Å². The van der Waals surface area contributed by atoms with Gasteiger partial charge in [-0.15, -0.1) is 0 Å². The first-order valence-corrected chi connectivity index (χ1v) is 6.34. The quantitative estimate of drug-likeness (QED) is 0.419. The summed E-state index contributed by atoms with van der Waals surface area (Å²) in [6.45, 7) is 7.93. The molecule has 0 fully saturated rings. The molecule has 0 aliphatic rings. The molecule has 0 aliphatic carbocycles. The molecule has 0 aliphatic heterocycles. The highest BCUT2D eigenvalue weighted by atomic mass is 17.0. The second-order valence-corrected chi connectivity index (χ2v) is 5.04. The third-order valence-electron chi connectivity index (χ3n) is 2.37. The first-order chi connectivity index (χ1) is 9.29. The number of nitrogens with one attached hydrogen (secondary N) is 1. The molecule has 8 nitrogen and oxygen atoms in total. The molecular formula is C12H26N2O6. The number of carbonyl (C=O) groups excluding carboxylic acids is 2. The first kappa shape index (κ1) is 20.8. The molecule has 0 aromatic rings. The summed E-state index contributed by atoms with van der Waals surface area (Å²) in [5.41, 5.74) is 4.53. The largest absolute Gasteiger partial charge is 0.449 e. The smallest absolute Gasteiger partial charge is 0.407 e. The van der Waals surface area contributed by atoms with Crippen LogP contribution in [0.4, 0.5) is 9.59 Å². The van der Waals surface area contributed by atoms with Crippen molar-refractivity contribution >= 4 is 12.2 Å². The summed E-state index contributed by atoms with van der Waals surface area (Å²) >= 11 is 0. The van der Waals surface area contributed by atoms with Crippen LogP contribution in [0.5, 0.6) is 0 Å². The number of nitrogens with two attached hydrogens (primary N) is 1. The van der Waals surface area contributed by atoms with Gasteiger partial charge < -0.3 is 20.5 Å². The fraction of sp³-hybridized carbons (Fsp3) is 0.833. The summed E-state index contributed by atoms with van der Waals surface area (Å²) in [6, 6.07) is 0.0248. The Morgan fingerprint density at radius 1 is 1.25 bits per heavy atom. The van der Waals surface area contributed by atoms with Crippen molar-refractivity contribution in [2.24, 2.45) is 11.1 Å². The van der Waals surface area contributed by atoms with E-state index in [1.54, 1.807) is 0 Å². The van der Waals surface area contributed by atoms with Gasteiger partial charge in [-0.1, -0.05) is 20.3 Å². The van der Waals surface area contributed by atoms with Crippen LogP contribution in [0.1, 0.15) is 40.5 Å². The third-order valence-corrected chi connectivity index (χ3v) is 2.37. The minimum Gasteiger partial charge on any atom is -0.449 e. The highest BCUT2D eigenvalue weighted by Crippen LogP contribution is 2.24. The van der Waals surface area contributed by atoms with E-state index in [4.69, 9.17) is 25.7 Å². The Balaban J connectivity index is 0. The molecule has 5 N–H and O–H groups in total. The van der Waals surface area contributed by atoms with Crippen molar-refractivity contribution in [1.29, 1.82) is 0 Å². The van der Waals surface area contributed by atoms with Crippen LogP contribution in [0, 0.1) is 5.41 Å².